The van der Waals surface area contributed by atoms with Crippen molar-refractivity contribution in [2.45, 2.75) is 33.0 Å². The fourth-order valence-electron chi connectivity index (χ4n) is 0.962. The summed E-state index contributed by atoms with van der Waals surface area (Å²) in [6.45, 7) is 9.64. The van der Waals surface area contributed by atoms with Crippen molar-refractivity contribution in [1.82, 2.24) is 0 Å². The number of ether oxygens (including phenoxy) is 3. The van der Waals surface area contributed by atoms with Crippen molar-refractivity contribution in [2.24, 2.45) is 0 Å². The van der Waals surface area contributed by atoms with Gasteiger partial charge >= 0.3 is 5.97 Å². The zero-order chi connectivity index (χ0) is 11.9. The van der Waals surface area contributed by atoms with E-state index in [-0.39, 0.29) is 6.61 Å². The van der Waals surface area contributed by atoms with E-state index in [0.717, 1.165) is 0 Å². The Morgan fingerprint density at radius 2 is 2.00 bits per heavy atom. The molecule has 4 heteroatoms. The predicted molar refractivity (Wildman–Crippen MR) is 57.4 cm³/mol. The van der Waals surface area contributed by atoms with Crippen molar-refractivity contribution in [3.63, 3.8) is 0 Å². The average molecular weight is 216 g/mol. The lowest BCUT2D eigenvalue weighted by molar-refractivity contribution is -0.239. The molecule has 0 spiro atoms. The Morgan fingerprint density at radius 3 is 2.33 bits per heavy atom. The van der Waals surface area contributed by atoms with Crippen LogP contribution in [0.4, 0.5) is 0 Å². The SMILES string of the molecule is C=C(C)C(=O)OC(CC)(COCC)OC. The van der Waals surface area contributed by atoms with Crippen LogP contribution in [0.15, 0.2) is 12.2 Å². The lowest BCUT2D eigenvalue weighted by atomic mass is 10.2. The third-order valence-electron chi connectivity index (χ3n) is 2.06. The van der Waals surface area contributed by atoms with E-state index in [0.29, 0.717) is 18.6 Å². The van der Waals surface area contributed by atoms with Crippen LogP contribution < -0.4 is 0 Å². The standard InChI is InChI=1S/C11H20O4/c1-6-11(13-5,8-14-7-2)15-10(12)9(3)4/h3,6-8H2,1-2,4-5H3. The summed E-state index contributed by atoms with van der Waals surface area (Å²) in [6.07, 6.45) is 0.530. The number of hydrogen-bond acceptors (Lipinski definition) is 4. The summed E-state index contributed by atoms with van der Waals surface area (Å²) in [5.41, 5.74) is 0.348. The lowest BCUT2D eigenvalue weighted by Crippen LogP contribution is -2.41. The van der Waals surface area contributed by atoms with Gasteiger partial charge in [0.05, 0.1) is 0 Å². The van der Waals surface area contributed by atoms with Gasteiger partial charge in [0.2, 0.25) is 5.79 Å². The van der Waals surface area contributed by atoms with Gasteiger partial charge in [-0.2, -0.15) is 0 Å². The van der Waals surface area contributed by atoms with Crippen LogP contribution in [0.2, 0.25) is 0 Å². The molecule has 0 bridgehead atoms. The Labute approximate surface area is 91.2 Å². The minimum atomic E-state index is -0.994. The highest BCUT2D eigenvalue weighted by atomic mass is 16.7. The summed E-state index contributed by atoms with van der Waals surface area (Å²) in [5, 5.41) is 0. The largest absolute Gasteiger partial charge is 0.427 e. The molecule has 88 valence electrons. The molecule has 0 aliphatic carbocycles. The Morgan fingerprint density at radius 1 is 1.40 bits per heavy atom. The quantitative estimate of drug-likeness (QED) is 0.370. The molecule has 0 radical (unpaired) electrons. The van der Waals surface area contributed by atoms with Crippen LogP contribution in [0.1, 0.15) is 27.2 Å². The van der Waals surface area contributed by atoms with Crippen molar-refractivity contribution in [2.75, 3.05) is 20.3 Å². The number of carbonyl (C=O) groups excluding carboxylic acids is 1. The van der Waals surface area contributed by atoms with Crippen LogP contribution in [0.25, 0.3) is 0 Å². The lowest BCUT2D eigenvalue weighted by Gasteiger charge is -2.30. The third kappa shape index (κ3) is 4.44. The Bertz CT molecular complexity index is 219. The van der Waals surface area contributed by atoms with E-state index in [1.54, 1.807) is 6.92 Å². The monoisotopic (exact) mass is 216 g/mol. The van der Waals surface area contributed by atoms with E-state index in [1.165, 1.54) is 7.11 Å². The molecule has 0 saturated carbocycles. The maximum atomic E-state index is 11.4. The molecule has 0 aromatic carbocycles. The van der Waals surface area contributed by atoms with Gasteiger partial charge in [0.25, 0.3) is 0 Å². The number of rotatable bonds is 7. The van der Waals surface area contributed by atoms with Crippen molar-refractivity contribution in [3.05, 3.63) is 12.2 Å². The van der Waals surface area contributed by atoms with Gasteiger partial charge in [0.1, 0.15) is 6.61 Å². The molecule has 0 aliphatic heterocycles. The Kier molecular flexibility index (Phi) is 6.20. The highest BCUT2D eigenvalue weighted by Crippen LogP contribution is 2.19. The average Bonchev–Trinajstić information content (AvgIpc) is 2.24. The topological polar surface area (TPSA) is 44.8 Å². The minimum Gasteiger partial charge on any atom is -0.427 e. The van der Waals surface area contributed by atoms with Gasteiger partial charge < -0.3 is 14.2 Å². The molecule has 15 heavy (non-hydrogen) atoms. The molecule has 0 saturated heterocycles. The maximum absolute atomic E-state index is 11.4. The first-order valence-corrected chi connectivity index (χ1v) is 5.03. The summed E-state index contributed by atoms with van der Waals surface area (Å²) in [4.78, 5) is 11.4. The van der Waals surface area contributed by atoms with Gasteiger partial charge in [0.15, 0.2) is 0 Å². The van der Waals surface area contributed by atoms with Gasteiger partial charge in [-0.3, -0.25) is 0 Å². The second kappa shape index (κ2) is 6.58. The van der Waals surface area contributed by atoms with Crippen LogP contribution in [-0.2, 0) is 19.0 Å². The second-order valence-corrected chi connectivity index (χ2v) is 3.28. The van der Waals surface area contributed by atoms with E-state index in [2.05, 4.69) is 6.58 Å². The van der Waals surface area contributed by atoms with Gasteiger partial charge in [-0.15, -0.1) is 0 Å². The van der Waals surface area contributed by atoms with Gasteiger partial charge in [-0.05, 0) is 13.8 Å². The van der Waals surface area contributed by atoms with Crippen molar-refractivity contribution < 1.29 is 19.0 Å². The molecule has 0 N–H and O–H groups in total. The molecule has 0 heterocycles. The summed E-state index contributed by atoms with van der Waals surface area (Å²) in [6, 6.07) is 0. The summed E-state index contributed by atoms with van der Waals surface area (Å²) in [5.74, 6) is -1.45. The van der Waals surface area contributed by atoms with Gasteiger partial charge in [0, 0.05) is 25.7 Å². The summed E-state index contributed by atoms with van der Waals surface area (Å²) in [7, 11) is 1.49. The highest BCUT2D eigenvalue weighted by molar-refractivity contribution is 5.87. The van der Waals surface area contributed by atoms with Crippen molar-refractivity contribution >= 4 is 5.97 Å². The number of esters is 1. The van der Waals surface area contributed by atoms with Crippen LogP contribution in [0, 0.1) is 0 Å². The van der Waals surface area contributed by atoms with Crippen LogP contribution in [0.5, 0.6) is 0 Å². The van der Waals surface area contributed by atoms with E-state index >= 15 is 0 Å². The van der Waals surface area contributed by atoms with Crippen LogP contribution in [0.3, 0.4) is 0 Å². The molecule has 0 fully saturated rings. The van der Waals surface area contributed by atoms with Crippen molar-refractivity contribution in [3.8, 4) is 0 Å². The number of methoxy groups -OCH3 is 1. The van der Waals surface area contributed by atoms with Gasteiger partial charge in [-0.25, -0.2) is 4.79 Å². The molecule has 0 aromatic heterocycles. The third-order valence-corrected chi connectivity index (χ3v) is 2.06. The normalized spacial score (nSPS) is 14.4. The second-order valence-electron chi connectivity index (χ2n) is 3.28. The predicted octanol–water partition coefficient (Wildman–Crippen LogP) is 1.89. The Hall–Kier alpha value is -0.870. The van der Waals surface area contributed by atoms with E-state index < -0.39 is 11.8 Å². The maximum Gasteiger partial charge on any atom is 0.335 e. The first-order valence-electron chi connectivity index (χ1n) is 5.03. The van der Waals surface area contributed by atoms with E-state index in [9.17, 15) is 4.79 Å². The molecule has 0 aromatic rings. The molecular weight excluding hydrogens is 196 g/mol. The molecular formula is C11H20O4. The zero-order valence-corrected chi connectivity index (χ0v) is 9.96. The van der Waals surface area contributed by atoms with Crippen LogP contribution >= 0.6 is 0 Å². The number of carbonyl (C=O) groups is 1. The van der Waals surface area contributed by atoms with Crippen molar-refractivity contribution in [1.29, 1.82) is 0 Å². The summed E-state index contributed by atoms with van der Waals surface area (Å²) < 4.78 is 15.6. The molecule has 0 amide bonds. The molecule has 1 atom stereocenters. The van der Waals surface area contributed by atoms with E-state index in [4.69, 9.17) is 14.2 Å². The summed E-state index contributed by atoms with van der Waals surface area (Å²) >= 11 is 0. The molecule has 4 nitrogen and oxygen atoms in total. The smallest absolute Gasteiger partial charge is 0.335 e. The highest BCUT2D eigenvalue weighted by Gasteiger charge is 2.32. The Balaban J connectivity index is 4.48. The fourth-order valence-corrected chi connectivity index (χ4v) is 0.962. The molecule has 1 unspecified atom stereocenters. The molecule has 0 rings (SSSR count). The first-order chi connectivity index (χ1) is 7.01. The number of hydrogen-bond donors (Lipinski definition) is 0. The fraction of sp³-hybridized carbons (Fsp3) is 0.727. The minimum absolute atomic E-state index is 0.232. The first kappa shape index (κ1) is 14.1. The molecule has 0 aliphatic rings. The van der Waals surface area contributed by atoms with E-state index in [1.807, 2.05) is 13.8 Å². The van der Waals surface area contributed by atoms with Gasteiger partial charge in [-0.1, -0.05) is 13.5 Å². The van der Waals surface area contributed by atoms with Crippen LogP contribution in [-0.4, -0.2) is 32.1 Å². The zero-order valence-electron chi connectivity index (χ0n) is 9.96.